The molecule has 1 nitrogen and oxygen atoms in total. The second-order valence-electron chi connectivity index (χ2n) is 4.17. The first-order valence-corrected chi connectivity index (χ1v) is 6.96. The molecule has 78 valence electrons. The van der Waals surface area contributed by atoms with E-state index in [-0.39, 0.29) is 0 Å². The highest BCUT2D eigenvalue weighted by molar-refractivity contribution is 7.98. The van der Waals surface area contributed by atoms with E-state index in [9.17, 15) is 0 Å². The van der Waals surface area contributed by atoms with Crippen molar-refractivity contribution < 1.29 is 0 Å². The van der Waals surface area contributed by atoms with Gasteiger partial charge < -0.3 is 5.32 Å². The van der Waals surface area contributed by atoms with E-state index in [1.165, 1.54) is 44.4 Å². The second kappa shape index (κ2) is 6.72. The molecule has 0 heterocycles. The van der Waals surface area contributed by atoms with E-state index in [0.717, 1.165) is 12.0 Å². The van der Waals surface area contributed by atoms with E-state index in [1.54, 1.807) is 0 Å². The zero-order valence-corrected chi connectivity index (χ0v) is 9.83. The minimum absolute atomic E-state index is 0.801. The van der Waals surface area contributed by atoms with Crippen LogP contribution in [0.5, 0.6) is 0 Å². The summed E-state index contributed by atoms with van der Waals surface area (Å²) in [4.78, 5) is 0. The average Bonchev–Trinajstić information content (AvgIpc) is 2.32. The fourth-order valence-electron chi connectivity index (χ4n) is 2.14. The van der Waals surface area contributed by atoms with Crippen molar-refractivity contribution in [1.82, 2.24) is 5.32 Å². The van der Waals surface area contributed by atoms with Crippen molar-refractivity contribution in [3.63, 3.8) is 0 Å². The molecule has 1 saturated carbocycles. The number of thioether (sulfide) groups is 1. The Labute approximate surface area is 87.1 Å². The van der Waals surface area contributed by atoms with Crippen LogP contribution < -0.4 is 5.32 Å². The smallest absolute Gasteiger partial charge is 0.00930 e. The van der Waals surface area contributed by atoms with Gasteiger partial charge in [0.15, 0.2) is 0 Å². The molecule has 0 aromatic heterocycles. The third kappa shape index (κ3) is 4.37. The molecule has 0 saturated heterocycles. The van der Waals surface area contributed by atoms with Crippen molar-refractivity contribution in [3.05, 3.63) is 0 Å². The Morgan fingerprint density at radius 1 is 1.23 bits per heavy atom. The van der Waals surface area contributed by atoms with Gasteiger partial charge in [0, 0.05) is 18.3 Å². The lowest BCUT2D eigenvalue weighted by Crippen LogP contribution is -2.35. The van der Waals surface area contributed by atoms with Crippen LogP contribution in [-0.2, 0) is 0 Å². The lowest BCUT2D eigenvalue weighted by molar-refractivity contribution is 0.365. The van der Waals surface area contributed by atoms with E-state index in [2.05, 4.69) is 18.5 Å². The van der Waals surface area contributed by atoms with Crippen molar-refractivity contribution in [2.75, 3.05) is 18.6 Å². The number of nitrogens with one attached hydrogen (secondary N) is 1. The molecule has 0 radical (unpaired) electrons. The molecule has 1 aliphatic carbocycles. The minimum Gasteiger partial charge on any atom is -0.313 e. The highest BCUT2D eigenvalue weighted by atomic mass is 32.2. The minimum atomic E-state index is 0.801. The van der Waals surface area contributed by atoms with E-state index >= 15 is 0 Å². The van der Waals surface area contributed by atoms with Gasteiger partial charge in [0.2, 0.25) is 0 Å². The van der Waals surface area contributed by atoms with Crippen LogP contribution >= 0.6 is 11.8 Å². The molecule has 0 aromatic carbocycles. The maximum absolute atomic E-state index is 3.69. The maximum atomic E-state index is 3.69. The molecule has 0 amide bonds. The molecular formula is C11H23NS. The van der Waals surface area contributed by atoms with Gasteiger partial charge in [-0.2, -0.15) is 11.8 Å². The first kappa shape index (κ1) is 11.4. The Kier molecular flexibility index (Phi) is 5.88. The van der Waals surface area contributed by atoms with Gasteiger partial charge in [0.1, 0.15) is 0 Å². The molecule has 0 aliphatic heterocycles. The summed E-state index contributed by atoms with van der Waals surface area (Å²) < 4.78 is 0. The number of hydrogen-bond donors (Lipinski definition) is 1. The van der Waals surface area contributed by atoms with Crippen LogP contribution in [0.1, 0.15) is 39.0 Å². The maximum Gasteiger partial charge on any atom is 0.00930 e. The normalized spacial score (nSPS) is 30.0. The van der Waals surface area contributed by atoms with Crippen LogP contribution in [0.4, 0.5) is 0 Å². The van der Waals surface area contributed by atoms with Crippen LogP contribution in [0.2, 0.25) is 0 Å². The molecule has 1 N–H and O–H groups in total. The molecule has 0 bridgehead atoms. The first-order chi connectivity index (χ1) is 6.34. The fourth-order valence-corrected chi connectivity index (χ4v) is 2.46. The van der Waals surface area contributed by atoms with Gasteiger partial charge >= 0.3 is 0 Å². The fraction of sp³-hybridized carbons (Fsp3) is 1.00. The first-order valence-electron chi connectivity index (χ1n) is 5.57. The van der Waals surface area contributed by atoms with Crippen molar-refractivity contribution in [2.24, 2.45) is 5.92 Å². The van der Waals surface area contributed by atoms with E-state index in [1.807, 2.05) is 11.8 Å². The molecule has 1 fully saturated rings. The van der Waals surface area contributed by atoms with Gasteiger partial charge in [0.05, 0.1) is 0 Å². The van der Waals surface area contributed by atoms with Crippen LogP contribution in [0, 0.1) is 5.92 Å². The Morgan fingerprint density at radius 2 is 2.00 bits per heavy atom. The Hall–Kier alpha value is 0.310. The van der Waals surface area contributed by atoms with Gasteiger partial charge in [-0.1, -0.05) is 26.2 Å². The van der Waals surface area contributed by atoms with Crippen LogP contribution in [0.3, 0.4) is 0 Å². The van der Waals surface area contributed by atoms with Crippen LogP contribution in [0.15, 0.2) is 0 Å². The third-order valence-corrected chi connectivity index (χ3v) is 3.69. The Bertz CT molecular complexity index is 127. The molecule has 2 atom stereocenters. The predicted octanol–water partition coefficient (Wildman–Crippen LogP) is 2.91. The van der Waals surface area contributed by atoms with Crippen molar-refractivity contribution in [1.29, 1.82) is 0 Å². The molecule has 13 heavy (non-hydrogen) atoms. The average molecular weight is 201 g/mol. The zero-order chi connectivity index (χ0) is 9.52. The highest BCUT2D eigenvalue weighted by Gasteiger charge is 2.18. The van der Waals surface area contributed by atoms with Gasteiger partial charge in [0.25, 0.3) is 0 Å². The summed E-state index contributed by atoms with van der Waals surface area (Å²) in [5, 5.41) is 3.69. The van der Waals surface area contributed by atoms with Gasteiger partial charge in [-0.15, -0.1) is 0 Å². The molecule has 2 unspecified atom stereocenters. The molecule has 0 aromatic rings. The van der Waals surface area contributed by atoms with Crippen molar-refractivity contribution >= 4 is 11.8 Å². The van der Waals surface area contributed by atoms with Gasteiger partial charge in [-0.25, -0.2) is 0 Å². The predicted molar refractivity (Wildman–Crippen MR) is 62.4 cm³/mol. The summed E-state index contributed by atoms with van der Waals surface area (Å²) in [6, 6.07) is 0.801. The summed E-state index contributed by atoms with van der Waals surface area (Å²) >= 11 is 1.93. The van der Waals surface area contributed by atoms with E-state index in [0.29, 0.717) is 0 Å². The summed E-state index contributed by atoms with van der Waals surface area (Å²) in [6.45, 7) is 3.60. The quantitative estimate of drug-likeness (QED) is 0.554. The highest BCUT2D eigenvalue weighted by Crippen LogP contribution is 2.22. The monoisotopic (exact) mass is 201 g/mol. The lowest BCUT2D eigenvalue weighted by atomic mass is 9.97. The largest absolute Gasteiger partial charge is 0.313 e. The summed E-state index contributed by atoms with van der Waals surface area (Å²) in [5.41, 5.74) is 0. The number of hydrogen-bond acceptors (Lipinski definition) is 2. The standard InChI is InChI=1S/C11H23NS/c1-10-6-4-3-5-7-11(10)12-8-9-13-2/h10-12H,3-9H2,1-2H3. The van der Waals surface area contributed by atoms with E-state index < -0.39 is 0 Å². The SMILES string of the molecule is CSCCNC1CCCCCC1C. The molecule has 1 rings (SSSR count). The third-order valence-electron chi connectivity index (χ3n) is 3.07. The number of rotatable bonds is 4. The summed E-state index contributed by atoms with van der Waals surface area (Å²) in [6.07, 6.45) is 9.33. The Morgan fingerprint density at radius 3 is 2.77 bits per heavy atom. The van der Waals surface area contributed by atoms with Crippen molar-refractivity contribution in [2.45, 2.75) is 45.1 Å². The molecular weight excluding hydrogens is 178 g/mol. The zero-order valence-electron chi connectivity index (χ0n) is 9.01. The van der Waals surface area contributed by atoms with Gasteiger partial charge in [-0.3, -0.25) is 0 Å². The molecule has 0 spiro atoms. The van der Waals surface area contributed by atoms with Crippen LogP contribution in [0.25, 0.3) is 0 Å². The summed E-state index contributed by atoms with van der Waals surface area (Å²) in [7, 11) is 0. The van der Waals surface area contributed by atoms with Crippen LogP contribution in [-0.4, -0.2) is 24.6 Å². The topological polar surface area (TPSA) is 12.0 Å². The molecule has 2 heteroatoms. The van der Waals surface area contributed by atoms with Gasteiger partial charge in [-0.05, 0) is 25.0 Å². The molecule has 1 aliphatic rings. The van der Waals surface area contributed by atoms with Crippen molar-refractivity contribution in [3.8, 4) is 0 Å². The lowest BCUT2D eigenvalue weighted by Gasteiger charge is -2.22. The Balaban J connectivity index is 2.19. The van der Waals surface area contributed by atoms with E-state index in [4.69, 9.17) is 0 Å². The second-order valence-corrected chi connectivity index (χ2v) is 5.15. The summed E-state index contributed by atoms with van der Waals surface area (Å²) in [5.74, 6) is 2.15.